The number of carbonyl (C=O) groups excluding carboxylic acids is 2. The first kappa shape index (κ1) is 13.4. The fraction of sp³-hybridized carbons (Fsp3) is 0.176. The second kappa shape index (κ2) is 5.40. The van der Waals surface area contributed by atoms with Crippen molar-refractivity contribution >= 4 is 11.8 Å². The van der Waals surface area contributed by atoms with Gasteiger partial charge in [-0.05, 0) is 12.1 Å². The molecule has 0 bridgehead atoms. The van der Waals surface area contributed by atoms with Crippen LogP contribution in [0, 0.1) is 0 Å². The first-order valence-corrected chi connectivity index (χ1v) is 6.66. The summed E-state index contributed by atoms with van der Waals surface area (Å²) < 4.78 is 10.4. The van der Waals surface area contributed by atoms with Crippen molar-refractivity contribution in [1.29, 1.82) is 0 Å². The molecule has 106 valence electrons. The average Bonchev–Trinajstić information content (AvgIpc) is 2.83. The van der Waals surface area contributed by atoms with E-state index in [0.717, 1.165) is 5.56 Å². The molecule has 4 nitrogen and oxygen atoms in total. The molecule has 0 aliphatic carbocycles. The second-order valence-electron chi connectivity index (χ2n) is 4.84. The Kier molecular flexibility index (Phi) is 3.44. The number of hydrogen-bond donors (Lipinski definition) is 0. The van der Waals surface area contributed by atoms with Gasteiger partial charge in [-0.2, -0.15) is 0 Å². The van der Waals surface area contributed by atoms with Crippen molar-refractivity contribution in [2.24, 2.45) is 0 Å². The third kappa shape index (κ3) is 2.52. The van der Waals surface area contributed by atoms with Crippen LogP contribution in [-0.2, 0) is 4.74 Å². The number of hydrogen-bond acceptors (Lipinski definition) is 4. The van der Waals surface area contributed by atoms with E-state index >= 15 is 0 Å². The van der Waals surface area contributed by atoms with Crippen LogP contribution in [0.3, 0.4) is 0 Å². The standard InChI is InChI=1S/C17H14O4/c1-20-12-7-8-13-14(9-12)17(19)21-16(13)10-15(18)11-5-3-2-4-6-11/h2-9,16H,10H2,1H3. The van der Waals surface area contributed by atoms with E-state index in [1.54, 1.807) is 37.4 Å². The van der Waals surface area contributed by atoms with E-state index < -0.39 is 12.1 Å². The molecule has 0 radical (unpaired) electrons. The molecule has 0 saturated carbocycles. The monoisotopic (exact) mass is 282 g/mol. The summed E-state index contributed by atoms with van der Waals surface area (Å²) in [5.74, 6) is 0.146. The van der Waals surface area contributed by atoms with E-state index in [4.69, 9.17) is 9.47 Å². The van der Waals surface area contributed by atoms with Crippen LogP contribution in [0.1, 0.15) is 38.8 Å². The summed E-state index contributed by atoms with van der Waals surface area (Å²) in [5, 5.41) is 0. The normalized spacial score (nSPS) is 16.2. The van der Waals surface area contributed by atoms with Crippen LogP contribution in [0.4, 0.5) is 0 Å². The average molecular weight is 282 g/mol. The van der Waals surface area contributed by atoms with Gasteiger partial charge >= 0.3 is 5.97 Å². The molecule has 1 aliphatic heterocycles. The van der Waals surface area contributed by atoms with Gasteiger partial charge in [-0.15, -0.1) is 0 Å². The molecule has 3 rings (SSSR count). The lowest BCUT2D eigenvalue weighted by Gasteiger charge is -2.10. The van der Waals surface area contributed by atoms with Gasteiger partial charge in [0.2, 0.25) is 0 Å². The first-order valence-electron chi connectivity index (χ1n) is 6.66. The van der Waals surface area contributed by atoms with Crippen molar-refractivity contribution in [3.63, 3.8) is 0 Å². The lowest BCUT2D eigenvalue weighted by molar-refractivity contribution is 0.0367. The smallest absolute Gasteiger partial charge is 0.339 e. The van der Waals surface area contributed by atoms with Crippen molar-refractivity contribution in [3.05, 3.63) is 65.2 Å². The topological polar surface area (TPSA) is 52.6 Å². The number of rotatable bonds is 4. The lowest BCUT2D eigenvalue weighted by atomic mass is 9.98. The number of methoxy groups -OCH3 is 1. The largest absolute Gasteiger partial charge is 0.497 e. The van der Waals surface area contributed by atoms with Gasteiger partial charge in [0.15, 0.2) is 5.78 Å². The molecule has 21 heavy (non-hydrogen) atoms. The predicted molar refractivity (Wildman–Crippen MR) is 76.5 cm³/mol. The number of cyclic esters (lactones) is 1. The third-order valence-electron chi connectivity index (χ3n) is 3.54. The Morgan fingerprint density at radius 1 is 1.19 bits per heavy atom. The van der Waals surface area contributed by atoms with Crippen molar-refractivity contribution in [2.45, 2.75) is 12.5 Å². The van der Waals surface area contributed by atoms with E-state index in [0.29, 0.717) is 16.9 Å². The zero-order valence-corrected chi connectivity index (χ0v) is 11.5. The van der Waals surface area contributed by atoms with Crippen molar-refractivity contribution in [1.82, 2.24) is 0 Å². The maximum absolute atomic E-state index is 12.2. The SMILES string of the molecule is COc1ccc2c(c1)C(=O)OC2CC(=O)c1ccccc1. The van der Waals surface area contributed by atoms with Crippen LogP contribution in [-0.4, -0.2) is 18.9 Å². The molecule has 1 aliphatic rings. The minimum atomic E-state index is -0.522. The van der Waals surface area contributed by atoms with Crippen LogP contribution in [0.5, 0.6) is 5.75 Å². The zero-order chi connectivity index (χ0) is 14.8. The highest BCUT2D eigenvalue weighted by atomic mass is 16.5. The van der Waals surface area contributed by atoms with Crippen LogP contribution in [0.15, 0.2) is 48.5 Å². The number of ketones is 1. The summed E-state index contributed by atoms with van der Waals surface area (Å²) >= 11 is 0. The molecule has 2 aromatic carbocycles. The molecule has 0 fully saturated rings. The van der Waals surface area contributed by atoms with Crippen molar-refractivity contribution < 1.29 is 19.1 Å². The Hall–Kier alpha value is -2.62. The Balaban J connectivity index is 1.84. The Labute approximate surface area is 122 Å². The summed E-state index contributed by atoms with van der Waals surface area (Å²) in [7, 11) is 1.54. The van der Waals surface area contributed by atoms with Gasteiger partial charge in [0, 0.05) is 11.1 Å². The molecule has 0 amide bonds. The van der Waals surface area contributed by atoms with E-state index in [1.807, 2.05) is 18.2 Å². The van der Waals surface area contributed by atoms with Crippen LogP contribution >= 0.6 is 0 Å². The van der Waals surface area contributed by atoms with E-state index in [1.165, 1.54) is 0 Å². The Morgan fingerprint density at radius 3 is 2.67 bits per heavy atom. The van der Waals surface area contributed by atoms with Crippen molar-refractivity contribution in [3.8, 4) is 5.75 Å². The highest BCUT2D eigenvalue weighted by Gasteiger charge is 2.33. The van der Waals surface area contributed by atoms with Crippen LogP contribution in [0.2, 0.25) is 0 Å². The summed E-state index contributed by atoms with van der Waals surface area (Å²) in [5.41, 5.74) is 1.83. The summed E-state index contributed by atoms with van der Waals surface area (Å²) in [4.78, 5) is 24.1. The highest BCUT2D eigenvalue weighted by molar-refractivity contribution is 5.99. The van der Waals surface area contributed by atoms with Crippen LogP contribution in [0.25, 0.3) is 0 Å². The van der Waals surface area contributed by atoms with Gasteiger partial charge in [0.1, 0.15) is 11.9 Å². The number of carbonyl (C=O) groups is 2. The van der Waals surface area contributed by atoms with E-state index in [9.17, 15) is 9.59 Å². The second-order valence-corrected chi connectivity index (χ2v) is 4.84. The highest BCUT2D eigenvalue weighted by Crippen LogP contribution is 2.35. The van der Waals surface area contributed by atoms with Gasteiger partial charge in [0.05, 0.1) is 19.1 Å². The van der Waals surface area contributed by atoms with Gasteiger partial charge in [-0.3, -0.25) is 4.79 Å². The molecule has 0 N–H and O–H groups in total. The number of fused-ring (bicyclic) bond motifs is 1. The molecule has 4 heteroatoms. The molecule has 0 aromatic heterocycles. The molecule has 2 aromatic rings. The lowest BCUT2D eigenvalue weighted by Crippen LogP contribution is -2.07. The zero-order valence-electron chi connectivity index (χ0n) is 11.5. The fourth-order valence-electron chi connectivity index (χ4n) is 2.44. The maximum atomic E-state index is 12.2. The van der Waals surface area contributed by atoms with Gasteiger partial charge in [-0.25, -0.2) is 4.79 Å². The molecule has 0 saturated heterocycles. The maximum Gasteiger partial charge on any atom is 0.339 e. The molecular weight excluding hydrogens is 268 g/mol. The Morgan fingerprint density at radius 2 is 1.95 bits per heavy atom. The van der Waals surface area contributed by atoms with Gasteiger partial charge in [-0.1, -0.05) is 36.4 Å². The minimum absolute atomic E-state index is 0.0444. The molecule has 0 spiro atoms. The molecule has 1 atom stereocenters. The van der Waals surface area contributed by atoms with Crippen molar-refractivity contribution in [2.75, 3.05) is 7.11 Å². The predicted octanol–water partition coefficient (Wildman–Crippen LogP) is 3.18. The van der Waals surface area contributed by atoms with E-state index in [-0.39, 0.29) is 12.2 Å². The fourth-order valence-corrected chi connectivity index (χ4v) is 2.44. The number of ether oxygens (including phenoxy) is 2. The van der Waals surface area contributed by atoms with Gasteiger partial charge in [0.25, 0.3) is 0 Å². The number of Topliss-reactive ketones (excluding diaryl/α,β-unsaturated/α-hetero) is 1. The third-order valence-corrected chi connectivity index (χ3v) is 3.54. The summed E-state index contributed by atoms with van der Waals surface area (Å²) in [6, 6.07) is 14.2. The number of esters is 1. The molecule has 1 unspecified atom stereocenters. The molecular formula is C17H14O4. The first-order chi connectivity index (χ1) is 10.2. The quantitative estimate of drug-likeness (QED) is 0.638. The van der Waals surface area contributed by atoms with Crippen LogP contribution < -0.4 is 4.74 Å². The number of benzene rings is 2. The summed E-state index contributed by atoms with van der Waals surface area (Å²) in [6.45, 7) is 0. The Bertz CT molecular complexity index is 691. The van der Waals surface area contributed by atoms with E-state index in [2.05, 4.69) is 0 Å². The molecule has 1 heterocycles. The minimum Gasteiger partial charge on any atom is -0.497 e. The summed E-state index contributed by atoms with van der Waals surface area (Å²) in [6.07, 6.45) is -0.374. The van der Waals surface area contributed by atoms with Gasteiger partial charge < -0.3 is 9.47 Å².